The van der Waals surface area contributed by atoms with E-state index in [0.29, 0.717) is 19.4 Å². The van der Waals surface area contributed by atoms with E-state index in [1.165, 1.54) is 29.4 Å². The maximum absolute atomic E-state index is 14.0. The molecule has 36 heavy (non-hydrogen) atoms. The first-order valence-electron chi connectivity index (χ1n) is 11.6. The van der Waals surface area contributed by atoms with E-state index in [9.17, 15) is 22.0 Å². The van der Waals surface area contributed by atoms with Gasteiger partial charge in [0.2, 0.25) is 15.9 Å². The summed E-state index contributed by atoms with van der Waals surface area (Å²) in [5.41, 5.74) is 2.39. The minimum atomic E-state index is -3.97. The van der Waals surface area contributed by atoms with Gasteiger partial charge in [-0.1, -0.05) is 35.0 Å². The molecule has 0 aliphatic carbocycles. The van der Waals surface area contributed by atoms with Gasteiger partial charge in [-0.3, -0.25) is 4.79 Å². The molecule has 1 fully saturated rings. The Morgan fingerprint density at radius 2 is 1.81 bits per heavy atom. The molecule has 190 valence electrons. The van der Waals surface area contributed by atoms with Gasteiger partial charge in [-0.05, 0) is 56.5 Å². The van der Waals surface area contributed by atoms with Gasteiger partial charge < -0.3 is 9.84 Å². The SMILES string of the molecule is Cc1ccc(CNC(=O)C2CCN(S(=O)(=O)c3c(C)noc3/C=C/c3ccc(F)cc3F)CC2)cc1. The van der Waals surface area contributed by atoms with E-state index >= 15 is 0 Å². The number of hydrogen-bond acceptors (Lipinski definition) is 5. The Morgan fingerprint density at radius 1 is 1.11 bits per heavy atom. The molecule has 1 amide bonds. The molecule has 1 aliphatic rings. The van der Waals surface area contributed by atoms with Crippen molar-refractivity contribution in [3.8, 4) is 0 Å². The van der Waals surface area contributed by atoms with Gasteiger partial charge in [0.15, 0.2) is 10.7 Å². The molecule has 3 aromatic rings. The summed E-state index contributed by atoms with van der Waals surface area (Å²) in [4.78, 5) is 12.5. The van der Waals surface area contributed by atoms with Gasteiger partial charge in [-0.2, -0.15) is 4.31 Å². The first-order valence-corrected chi connectivity index (χ1v) is 13.0. The third-order valence-electron chi connectivity index (χ3n) is 6.22. The first-order chi connectivity index (χ1) is 17.1. The van der Waals surface area contributed by atoms with Crippen LogP contribution in [0.4, 0.5) is 8.78 Å². The maximum Gasteiger partial charge on any atom is 0.248 e. The lowest BCUT2D eigenvalue weighted by Gasteiger charge is -2.30. The number of aryl methyl sites for hydroxylation is 2. The lowest BCUT2D eigenvalue weighted by molar-refractivity contribution is -0.126. The number of benzene rings is 2. The highest BCUT2D eigenvalue weighted by Gasteiger charge is 2.35. The summed E-state index contributed by atoms with van der Waals surface area (Å²) in [6.07, 6.45) is 3.37. The number of carbonyl (C=O) groups is 1. The summed E-state index contributed by atoms with van der Waals surface area (Å²) in [7, 11) is -3.97. The number of aromatic nitrogens is 1. The number of rotatable bonds is 7. The predicted molar refractivity (Wildman–Crippen MR) is 131 cm³/mol. The van der Waals surface area contributed by atoms with Gasteiger partial charge in [0.25, 0.3) is 0 Å². The number of halogens is 2. The van der Waals surface area contributed by atoms with Crippen molar-refractivity contribution >= 4 is 28.1 Å². The van der Waals surface area contributed by atoms with Gasteiger partial charge in [-0.15, -0.1) is 0 Å². The predicted octanol–water partition coefficient (Wildman–Crippen LogP) is 4.46. The molecular weight excluding hydrogens is 488 g/mol. The van der Waals surface area contributed by atoms with Crippen LogP contribution in [0.15, 0.2) is 51.9 Å². The van der Waals surface area contributed by atoms with Crippen LogP contribution in [0, 0.1) is 31.4 Å². The number of piperidine rings is 1. The fourth-order valence-electron chi connectivity index (χ4n) is 4.13. The largest absolute Gasteiger partial charge is 0.355 e. The van der Waals surface area contributed by atoms with Gasteiger partial charge in [-0.25, -0.2) is 17.2 Å². The van der Waals surface area contributed by atoms with Crippen molar-refractivity contribution in [3.63, 3.8) is 0 Å². The van der Waals surface area contributed by atoms with Crippen LogP contribution in [-0.2, 0) is 21.4 Å². The van der Waals surface area contributed by atoms with Gasteiger partial charge in [0.05, 0.1) is 0 Å². The van der Waals surface area contributed by atoms with Crippen LogP contribution in [0.2, 0.25) is 0 Å². The molecule has 0 radical (unpaired) electrons. The molecule has 1 N–H and O–H groups in total. The van der Waals surface area contributed by atoms with Crippen molar-refractivity contribution in [1.82, 2.24) is 14.8 Å². The number of sulfonamides is 1. The van der Waals surface area contributed by atoms with Crippen LogP contribution in [0.5, 0.6) is 0 Å². The normalized spacial score (nSPS) is 15.4. The second-order valence-corrected chi connectivity index (χ2v) is 10.7. The lowest BCUT2D eigenvalue weighted by atomic mass is 9.97. The smallest absolute Gasteiger partial charge is 0.248 e. The van der Waals surface area contributed by atoms with Crippen LogP contribution in [0.1, 0.15) is 41.0 Å². The topological polar surface area (TPSA) is 92.5 Å². The highest BCUT2D eigenvalue weighted by Crippen LogP contribution is 2.29. The lowest BCUT2D eigenvalue weighted by Crippen LogP contribution is -2.43. The van der Waals surface area contributed by atoms with E-state index in [1.54, 1.807) is 0 Å². The minimum Gasteiger partial charge on any atom is -0.355 e. The molecule has 4 rings (SSSR count). The molecular formula is C26H27F2N3O4S. The molecule has 7 nitrogen and oxygen atoms in total. The molecule has 0 bridgehead atoms. The Labute approximate surface area is 208 Å². The van der Waals surface area contributed by atoms with E-state index in [0.717, 1.165) is 23.3 Å². The Morgan fingerprint density at radius 3 is 2.47 bits per heavy atom. The van der Waals surface area contributed by atoms with Crippen LogP contribution in [0.25, 0.3) is 12.2 Å². The molecule has 1 aromatic heterocycles. The van der Waals surface area contributed by atoms with Crippen LogP contribution in [0.3, 0.4) is 0 Å². The molecule has 1 saturated heterocycles. The third-order valence-corrected chi connectivity index (χ3v) is 8.28. The second-order valence-electron chi connectivity index (χ2n) is 8.84. The average molecular weight is 516 g/mol. The number of nitrogens with one attached hydrogen (secondary N) is 1. The van der Waals surface area contributed by atoms with Crippen molar-refractivity contribution in [1.29, 1.82) is 0 Å². The summed E-state index contributed by atoms with van der Waals surface area (Å²) < 4.78 is 60.4. The Kier molecular flexibility index (Phi) is 7.65. The van der Waals surface area contributed by atoms with E-state index in [2.05, 4.69) is 10.5 Å². The Balaban J connectivity index is 1.41. The number of nitrogens with zero attached hydrogens (tertiary/aromatic N) is 2. The van der Waals surface area contributed by atoms with Crippen LogP contribution < -0.4 is 5.32 Å². The summed E-state index contributed by atoms with van der Waals surface area (Å²) in [6.45, 7) is 4.27. The van der Waals surface area contributed by atoms with Crippen LogP contribution >= 0.6 is 0 Å². The summed E-state index contributed by atoms with van der Waals surface area (Å²) in [5, 5.41) is 6.71. The maximum atomic E-state index is 14.0. The highest BCUT2D eigenvalue weighted by molar-refractivity contribution is 7.89. The third kappa shape index (κ3) is 5.71. The van der Waals surface area contributed by atoms with Crippen molar-refractivity contribution < 1.29 is 26.5 Å². The number of carbonyl (C=O) groups excluding carboxylic acids is 1. The fraction of sp³-hybridized carbons (Fsp3) is 0.308. The molecule has 0 unspecified atom stereocenters. The molecule has 0 atom stereocenters. The Hall–Kier alpha value is -3.37. The fourth-order valence-corrected chi connectivity index (χ4v) is 5.85. The van der Waals surface area contributed by atoms with E-state index in [-0.39, 0.29) is 46.8 Å². The molecule has 0 saturated carbocycles. The Bertz CT molecular complexity index is 1380. The molecule has 2 heterocycles. The van der Waals surface area contributed by atoms with Gasteiger partial charge in [0.1, 0.15) is 17.3 Å². The molecule has 2 aromatic carbocycles. The summed E-state index contributed by atoms with van der Waals surface area (Å²) in [5.74, 6) is -1.93. The van der Waals surface area contributed by atoms with Gasteiger partial charge >= 0.3 is 0 Å². The second kappa shape index (κ2) is 10.7. The quantitative estimate of drug-likeness (QED) is 0.502. The number of amides is 1. The van der Waals surface area contributed by atoms with Crippen molar-refractivity contribution in [2.75, 3.05) is 13.1 Å². The highest BCUT2D eigenvalue weighted by atomic mass is 32.2. The van der Waals surface area contributed by atoms with E-state index in [1.807, 2.05) is 31.2 Å². The average Bonchev–Trinajstić information content (AvgIpc) is 3.24. The summed E-state index contributed by atoms with van der Waals surface area (Å²) >= 11 is 0. The number of hydrogen-bond donors (Lipinski definition) is 1. The van der Waals surface area contributed by atoms with E-state index < -0.39 is 21.7 Å². The van der Waals surface area contributed by atoms with Crippen molar-refractivity contribution in [2.45, 2.75) is 38.1 Å². The van der Waals surface area contributed by atoms with E-state index in [4.69, 9.17) is 4.52 Å². The first kappa shape index (κ1) is 25.7. The van der Waals surface area contributed by atoms with Crippen molar-refractivity contribution in [3.05, 3.63) is 82.2 Å². The monoisotopic (exact) mass is 515 g/mol. The molecule has 0 spiro atoms. The molecule has 1 aliphatic heterocycles. The van der Waals surface area contributed by atoms with Crippen molar-refractivity contribution in [2.24, 2.45) is 5.92 Å². The standard InChI is InChI=1S/C26H27F2N3O4S/c1-17-3-5-19(6-4-17)16-29-26(32)21-11-13-31(14-12-21)36(33,34)25-18(2)30-35-24(25)10-8-20-7-9-22(27)15-23(20)28/h3-10,15,21H,11-14,16H2,1-2H3,(H,29,32)/b10-8+. The zero-order valence-electron chi connectivity index (χ0n) is 20.0. The zero-order chi connectivity index (χ0) is 25.9. The summed E-state index contributed by atoms with van der Waals surface area (Å²) in [6, 6.07) is 11.0. The van der Waals surface area contributed by atoms with Gasteiger partial charge in [0, 0.05) is 37.2 Å². The zero-order valence-corrected chi connectivity index (χ0v) is 20.8. The van der Waals surface area contributed by atoms with Crippen LogP contribution in [-0.4, -0.2) is 36.9 Å². The minimum absolute atomic E-state index is 0.0470. The molecule has 10 heteroatoms.